The first-order valence-corrected chi connectivity index (χ1v) is 8.97. The summed E-state index contributed by atoms with van der Waals surface area (Å²) >= 11 is 0. The summed E-state index contributed by atoms with van der Waals surface area (Å²) < 4.78 is 5.08. The molecule has 1 rings (SSSR count). The predicted octanol–water partition coefficient (Wildman–Crippen LogP) is 1.42. The third kappa shape index (κ3) is 8.86. The lowest BCUT2D eigenvalue weighted by atomic mass is 9.96. The summed E-state index contributed by atoms with van der Waals surface area (Å²) in [5.41, 5.74) is -0.112. The maximum atomic E-state index is 10.6. The van der Waals surface area contributed by atoms with Gasteiger partial charge in [0.05, 0.1) is 13.2 Å². The van der Waals surface area contributed by atoms with Crippen molar-refractivity contribution in [1.29, 1.82) is 0 Å². The number of aliphatic imine (C=N–C) groups is 1. The molecule has 0 radical (unpaired) electrons. The average molecular weight is 351 g/mol. The minimum absolute atomic E-state index is 0.306. The number of aliphatic hydroxyl groups is 1. The summed E-state index contributed by atoms with van der Waals surface area (Å²) in [5, 5.41) is 17.2. The second-order valence-electron chi connectivity index (χ2n) is 6.41. The molecule has 3 N–H and O–H groups in total. The molecular formula is C19H34N4O2. The Bertz CT molecular complexity index is 491. The van der Waals surface area contributed by atoms with Crippen molar-refractivity contribution in [2.75, 3.05) is 53.5 Å². The van der Waals surface area contributed by atoms with Crippen LogP contribution < -0.4 is 10.6 Å². The van der Waals surface area contributed by atoms with Gasteiger partial charge in [0, 0.05) is 26.7 Å². The number of nitrogens with one attached hydrogen (secondary N) is 2. The molecular weight excluding hydrogens is 316 g/mol. The smallest absolute Gasteiger partial charge is 0.191 e. The Balaban J connectivity index is 2.46. The van der Waals surface area contributed by atoms with E-state index < -0.39 is 5.60 Å². The Labute approximate surface area is 152 Å². The third-order valence-corrected chi connectivity index (χ3v) is 3.97. The fraction of sp³-hybridized carbons (Fsp3) is 0.632. The monoisotopic (exact) mass is 350 g/mol. The molecule has 0 spiro atoms. The highest BCUT2D eigenvalue weighted by atomic mass is 16.5. The van der Waals surface area contributed by atoms with E-state index in [2.05, 4.69) is 27.6 Å². The van der Waals surface area contributed by atoms with Crippen molar-refractivity contribution >= 4 is 5.96 Å². The maximum Gasteiger partial charge on any atom is 0.191 e. The summed E-state index contributed by atoms with van der Waals surface area (Å²) in [4.78, 5) is 6.78. The van der Waals surface area contributed by atoms with Gasteiger partial charge < -0.3 is 25.4 Å². The van der Waals surface area contributed by atoms with Gasteiger partial charge in [0.15, 0.2) is 5.96 Å². The number of likely N-dealkylation sites (N-methyl/N-ethyl adjacent to an activating group) is 1. The molecule has 0 aromatic heterocycles. The Morgan fingerprint density at radius 2 is 1.96 bits per heavy atom. The van der Waals surface area contributed by atoms with Crippen LogP contribution in [0.1, 0.15) is 25.8 Å². The number of benzene rings is 1. The number of nitrogens with zero attached hydrogens (tertiary/aromatic N) is 2. The summed E-state index contributed by atoms with van der Waals surface area (Å²) in [6.07, 6.45) is 1.01. The molecule has 0 aliphatic carbocycles. The molecule has 25 heavy (non-hydrogen) atoms. The fourth-order valence-electron chi connectivity index (χ4n) is 2.38. The van der Waals surface area contributed by atoms with E-state index in [0.717, 1.165) is 50.7 Å². The highest BCUT2D eigenvalue weighted by molar-refractivity contribution is 5.79. The van der Waals surface area contributed by atoms with Crippen LogP contribution in [0.2, 0.25) is 0 Å². The van der Waals surface area contributed by atoms with Crippen LogP contribution >= 0.6 is 0 Å². The molecule has 6 heteroatoms. The Morgan fingerprint density at radius 1 is 1.24 bits per heavy atom. The van der Waals surface area contributed by atoms with Gasteiger partial charge in [-0.25, -0.2) is 4.99 Å². The number of methoxy groups -OCH3 is 1. The van der Waals surface area contributed by atoms with Crippen LogP contribution in [0, 0.1) is 0 Å². The molecule has 1 aromatic carbocycles. The van der Waals surface area contributed by atoms with Gasteiger partial charge in [0.25, 0.3) is 0 Å². The molecule has 0 fully saturated rings. The SMILES string of the molecule is CCNC(=NCC(C)(O)c1ccccc1)NCCCN(C)CCOC. The minimum atomic E-state index is -0.982. The number of guanidine groups is 1. The van der Waals surface area contributed by atoms with E-state index in [-0.39, 0.29) is 0 Å². The van der Waals surface area contributed by atoms with Crippen molar-refractivity contribution in [3.8, 4) is 0 Å². The fourth-order valence-corrected chi connectivity index (χ4v) is 2.38. The van der Waals surface area contributed by atoms with Gasteiger partial charge in [-0.15, -0.1) is 0 Å². The highest BCUT2D eigenvalue weighted by Crippen LogP contribution is 2.20. The second kappa shape index (κ2) is 11.8. The van der Waals surface area contributed by atoms with Crippen LogP contribution in [0.15, 0.2) is 35.3 Å². The molecule has 0 bridgehead atoms. The van der Waals surface area contributed by atoms with Gasteiger partial charge in [-0.2, -0.15) is 0 Å². The van der Waals surface area contributed by atoms with E-state index in [1.54, 1.807) is 14.0 Å². The van der Waals surface area contributed by atoms with Gasteiger partial charge in [0.2, 0.25) is 0 Å². The molecule has 6 nitrogen and oxygen atoms in total. The summed E-state index contributed by atoms with van der Waals surface area (Å²) in [6.45, 7) is 8.43. The molecule has 0 saturated heterocycles. The zero-order chi connectivity index (χ0) is 18.5. The number of ether oxygens (including phenoxy) is 1. The molecule has 1 atom stereocenters. The lowest BCUT2D eigenvalue weighted by molar-refractivity contribution is 0.0672. The standard InChI is InChI=1S/C19H34N4O2/c1-5-20-18(21-12-9-13-23(3)14-15-25-4)22-16-19(2,24)17-10-7-6-8-11-17/h6-8,10-11,24H,5,9,12-16H2,1-4H3,(H2,20,21,22). The number of rotatable bonds is 11. The minimum Gasteiger partial charge on any atom is -0.384 e. The Kier molecular flexibility index (Phi) is 10.1. The summed E-state index contributed by atoms with van der Waals surface area (Å²) in [6, 6.07) is 9.64. The highest BCUT2D eigenvalue weighted by Gasteiger charge is 2.22. The number of hydrogen-bond acceptors (Lipinski definition) is 4. The zero-order valence-electron chi connectivity index (χ0n) is 16.1. The van der Waals surface area contributed by atoms with E-state index in [9.17, 15) is 5.11 Å². The van der Waals surface area contributed by atoms with Gasteiger partial charge in [0.1, 0.15) is 5.60 Å². The van der Waals surface area contributed by atoms with Crippen LogP contribution in [-0.2, 0) is 10.3 Å². The average Bonchev–Trinajstić information content (AvgIpc) is 2.62. The first-order chi connectivity index (χ1) is 12.0. The van der Waals surface area contributed by atoms with Gasteiger partial charge >= 0.3 is 0 Å². The Morgan fingerprint density at radius 3 is 2.60 bits per heavy atom. The van der Waals surface area contributed by atoms with Crippen LogP contribution in [0.3, 0.4) is 0 Å². The van der Waals surface area contributed by atoms with Crippen LogP contribution in [0.4, 0.5) is 0 Å². The van der Waals surface area contributed by atoms with Crippen molar-refractivity contribution in [3.63, 3.8) is 0 Å². The first kappa shape index (κ1) is 21.4. The molecule has 0 aliphatic heterocycles. The van der Waals surface area contributed by atoms with Crippen LogP contribution in [-0.4, -0.2) is 69.5 Å². The normalized spacial score (nSPS) is 14.4. The molecule has 0 saturated carbocycles. The zero-order valence-corrected chi connectivity index (χ0v) is 16.1. The van der Waals surface area contributed by atoms with E-state index in [4.69, 9.17) is 4.74 Å². The molecule has 142 valence electrons. The van der Waals surface area contributed by atoms with Gasteiger partial charge in [-0.05, 0) is 39.4 Å². The van der Waals surface area contributed by atoms with Crippen molar-refractivity contribution < 1.29 is 9.84 Å². The number of hydrogen-bond donors (Lipinski definition) is 3. The molecule has 0 heterocycles. The van der Waals surface area contributed by atoms with Gasteiger partial charge in [-0.3, -0.25) is 0 Å². The van der Waals surface area contributed by atoms with Crippen molar-refractivity contribution in [2.24, 2.45) is 4.99 Å². The first-order valence-electron chi connectivity index (χ1n) is 8.97. The summed E-state index contributed by atoms with van der Waals surface area (Å²) in [7, 11) is 3.81. The van der Waals surface area contributed by atoms with E-state index in [1.165, 1.54) is 0 Å². The lowest BCUT2D eigenvalue weighted by Gasteiger charge is -2.22. The van der Waals surface area contributed by atoms with E-state index in [1.807, 2.05) is 37.3 Å². The van der Waals surface area contributed by atoms with Gasteiger partial charge in [-0.1, -0.05) is 30.3 Å². The quantitative estimate of drug-likeness (QED) is 0.320. The Hall–Kier alpha value is -1.63. The van der Waals surface area contributed by atoms with Crippen molar-refractivity contribution in [2.45, 2.75) is 25.9 Å². The third-order valence-electron chi connectivity index (χ3n) is 3.97. The summed E-state index contributed by atoms with van der Waals surface area (Å²) in [5.74, 6) is 0.734. The molecule has 1 unspecified atom stereocenters. The van der Waals surface area contributed by atoms with E-state index in [0.29, 0.717) is 6.54 Å². The second-order valence-corrected chi connectivity index (χ2v) is 6.41. The largest absolute Gasteiger partial charge is 0.384 e. The predicted molar refractivity (Wildman–Crippen MR) is 104 cm³/mol. The molecule has 0 amide bonds. The maximum absolute atomic E-state index is 10.6. The lowest BCUT2D eigenvalue weighted by Crippen LogP contribution is -2.40. The molecule has 0 aliphatic rings. The molecule has 1 aromatic rings. The van der Waals surface area contributed by atoms with Crippen molar-refractivity contribution in [3.05, 3.63) is 35.9 Å². The van der Waals surface area contributed by atoms with Crippen LogP contribution in [0.5, 0.6) is 0 Å². The van der Waals surface area contributed by atoms with Crippen LogP contribution in [0.25, 0.3) is 0 Å². The topological polar surface area (TPSA) is 69.1 Å². The van der Waals surface area contributed by atoms with Crippen molar-refractivity contribution in [1.82, 2.24) is 15.5 Å². The van der Waals surface area contributed by atoms with E-state index >= 15 is 0 Å².